The van der Waals surface area contributed by atoms with Gasteiger partial charge < -0.3 is 9.64 Å². The van der Waals surface area contributed by atoms with Gasteiger partial charge in [-0.2, -0.15) is 4.52 Å². The molecule has 5 rings (SSSR count). The van der Waals surface area contributed by atoms with E-state index in [-0.39, 0.29) is 0 Å². The molecule has 2 aromatic heterocycles. The lowest BCUT2D eigenvalue weighted by Crippen LogP contribution is -2.48. The molecule has 3 aliphatic rings. The topological polar surface area (TPSA) is 58.8 Å². The van der Waals surface area contributed by atoms with Crippen molar-refractivity contribution in [2.45, 2.75) is 37.7 Å². The zero-order valence-corrected chi connectivity index (χ0v) is 14.0. The van der Waals surface area contributed by atoms with Crippen molar-refractivity contribution in [1.82, 2.24) is 24.7 Å². The number of rotatable bonds is 4. The molecule has 0 amide bonds. The number of ether oxygens (including phenoxy) is 1. The predicted molar refractivity (Wildman–Crippen MR) is 90.4 cm³/mol. The SMILES string of the molecule is c1cc2nnc(C3CC3)n2nc1N1CCN(C[C@@H]2CCCO2)CC1. The first-order chi connectivity index (χ1) is 11.9. The van der Waals surface area contributed by atoms with Gasteiger partial charge in [0, 0.05) is 45.2 Å². The van der Waals surface area contributed by atoms with Crippen LogP contribution in [0.25, 0.3) is 5.65 Å². The van der Waals surface area contributed by atoms with Crippen molar-refractivity contribution in [2.24, 2.45) is 0 Å². The highest BCUT2D eigenvalue weighted by Crippen LogP contribution is 2.38. The quantitative estimate of drug-likeness (QED) is 0.843. The Kier molecular flexibility index (Phi) is 3.63. The summed E-state index contributed by atoms with van der Waals surface area (Å²) < 4.78 is 7.71. The predicted octanol–water partition coefficient (Wildman–Crippen LogP) is 1.30. The molecule has 0 N–H and O–H groups in total. The van der Waals surface area contributed by atoms with Gasteiger partial charge in [-0.1, -0.05) is 0 Å². The van der Waals surface area contributed by atoms with Crippen molar-refractivity contribution in [3.8, 4) is 0 Å². The molecule has 128 valence electrons. The Morgan fingerprint density at radius 2 is 1.92 bits per heavy atom. The van der Waals surface area contributed by atoms with E-state index in [2.05, 4.69) is 26.1 Å². The van der Waals surface area contributed by atoms with Crippen LogP contribution in [0.15, 0.2) is 12.1 Å². The van der Waals surface area contributed by atoms with Gasteiger partial charge in [-0.05, 0) is 37.8 Å². The highest BCUT2D eigenvalue weighted by atomic mass is 16.5. The summed E-state index contributed by atoms with van der Waals surface area (Å²) in [5.74, 6) is 2.64. The van der Waals surface area contributed by atoms with Crippen LogP contribution in [0.1, 0.15) is 37.4 Å². The van der Waals surface area contributed by atoms with Crippen LogP contribution in [-0.4, -0.2) is 70.1 Å². The van der Waals surface area contributed by atoms with Gasteiger partial charge in [-0.15, -0.1) is 15.3 Å². The second kappa shape index (κ2) is 5.97. The molecule has 2 saturated heterocycles. The van der Waals surface area contributed by atoms with E-state index in [9.17, 15) is 0 Å². The number of anilines is 1. The van der Waals surface area contributed by atoms with E-state index in [1.54, 1.807) is 0 Å². The van der Waals surface area contributed by atoms with Crippen molar-refractivity contribution < 1.29 is 4.74 Å². The van der Waals surface area contributed by atoms with Crippen LogP contribution >= 0.6 is 0 Å². The second-order valence-electron chi connectivity index (χ2n) is 7.22. The van der Waals surface area contributed by atoms with Gasteiger partial charge >= 0.3 is 0 Å². The van der Waals surface area contributed by atoms with E-state index in [0.717, 1.165) is 56.6 Å². The third-order valence-electron chi connectivity index (χ3n) is 5.40. The highest BCUT2D eigenvalue weighted by Gasteiger charge is 2.30. The minimum Gasteiger partial charge on any atom is -0.377 e. The average molecular weight is 328 g/mol. The molecular formula is C17H24N6O. The smallest absolute Gasteiger partial charge is 0.178 e. The van der Waals surface area contributed by atoms with Crippen molar-refractivity contribution in [2.75, 3.05) is 44.2 Å². The largest absolute Gasteiger partial charge is 0.377 e. The Hall–Kier alpha value is -1.73. The van der Waals surface area contributed by atoms with Gasteiger partial charge in [0.05, 0.1) is 6.10 Å². The maximum atomic E-state index is 5.76. The molecule has 0 spiro atoms. The first kappa shape index (κ1) is 14.6. The number of piperazine rings is 1. The molecule has 7 heteroatoms. The summed E-state index contributed by atoms with van der Waals surface area (Å²) in [6.45, 7) is 6.22. The van der Waals surface area contributed by atoms with Crippen LogP contribution in [0.3, 0.4) is 0 Å². The molecule has 3 fully saturated rings. The summed E-state index contributed by atoms with van der Waals surface area (Å²) in [5, 5.41) is 13.4. The van der Waals surface area contributed by atoms with E-state index in [4.69, 9.17) is 9.84 Å². The van der Waals surface area contributed by atoms with Crippen molar-refractivity contribution in [1.29, 1.82) is 0 Å². The summed E-state index contributed by atoms with van der Waals surface area (Å²) in [7, 11) is 0. The number of fused-ring (bicyclic) bond motifs is 1. The van der Waals surface area contributed by atoms with Crippen LogP contribution in [0.4, 0.5) is 5.82 Å². The number of nitrogens with zero attached hydrogens (tertiary/aromatic N) is 6. The first-order valence-electron chi connectivity index (χ1n) is 9.18. The summed E-state index contributed by atoms with van der Waals surface area (Å²) in [6, 6.07) is 4.12. The number of hydrogen-bond acceptors (Lipinski definition) is 6. The van der Waals surface area contributed by atoms with Crippen molar-refractivity contribution in [3.63, 3.8) is 0 Å². The molecular weight excluding hydrogens is 304 g/mol. The lowest BCUT2D eigenvalue weighted by atomic mass is 10.2. The van der Waals surface area contributed by atoms with E-state index in [0.29, 0.717) is 12.0 Å². The molecule has 24 heavy (non-hydrogen) atoms. The van der Waals surface area contributed by atoms with Crippen LogP contribution in [-0.2, 0) is 4.74 Å². The van der Waals surface area contributed by atoms with Crippen LogP contribution < -0.4 is 4.90 Å². The highest BCUT2D eigenvalue weighted by molar-refractivity contribution is 5.46. The Labute approximate surface area is 141 Å². The second-order valence-corrected chi connectivity index (χ2v) is 7.22. The molecule has 0 aromatic carbocycles. The van der Waals surface area contributed by atoms with Gasteiger partial charge in [-0.25, -0.2) is 0 Å². The monoisotopic (exact) mass is 328 g/mol. The summed E-state index contributed by atoms with van der Waals surface area (Å²) in [5.41, 5.74) is 0.859. The summed E-state index contributed by atoms with van der Waals surface area (Å²) >= 11 is 0. The zero-order chi connectivity index (χ0) is 15.9. The van der Waals surface area contributed by atoms with Crippen LogP contribution in [0.2, 0.25) is 0 Å². The zero-order valence-electron chi connectivity index (χ0n) is 14.0. The van der Waals surface area contributed by atoms with Gasteiger partial charge in [-0.3, -0.25) is 4.90 Å². The fraction of sp³-hybridized carbons (Fsp3) is 0.706. The summed E-state index contributed by atoms with van der Waals surface area (Å²) in [6.07, 6.45) is 5.32. The van der Waals surface area contributed by atoms with E-state index in [1.165, 1.54) is 25.7 Å². The third-order valence-corrected chi connectivity index (χ3v) is 5.40. The lowest BCUT2D eigenvalue weighted by Gasteiger charge is -2.36. The molecule has 4 heterocycles. The van der Waals surface area contributed by atoms with E-state index >= 15 is 0 Å². The Morgan fingerprint density at radius 1 is 1.04 bits per heavy atom. The van der Waals surface area contributed by atoms with E-state index in [1.807, 2.05) is 10.6 Å². The average Bonchev–Trinajstić information content (AvgIpc) is 3.17. The first-order valence-corrected chi connectivity index (χ1v) is 9.18. The molecule has 0 unspecified atom stereocenters. The Bertz CT molecular complexity index is 713. The maximum absolute atomic E-state index is 5.76. The van der Waals surface area contributed by atoms with Gasteiger partial charge in [0.25, 0.3) is 0 Å². The Balaban J connectivity index is 1.27. The number of aromatic nitrogens is 4. The molecule has 1 saturated carbocycles. The molecule has 1 atom stereocenters. The van der Waals surface area contributed by atoms with Crippen molar-refractivity contribution >= 4 is 11.5 Å². The number of hydrogen-bond donors (Lipinski definition) is 0. The van der Waals surface area contributed by atoms with Gasteiger partial charge in [0.2, 0.25) is 0 Å². The minimum atomic E-state index is 0.448. The summed E-state index contributed by atoms with van der Waals surface area (Å²) in [4.78, 5) is 4.90. The molecule has 2 aromatic rings. The van der Waals surface area contributed by atoms with E-state index < -0.39 is 0 Å². The lowest BCUT2D eigenvalue weighted by molar-refractivity contribution is 0.0712. The van der Waals surface area contributed by atoms with Gasteiger partial charge in [0.1, 0.15) is 5.82 Å². The molecule has 7 nitrogen and oxygen atoms in total. The maximum Gasteiger partial charge on any atom is 0.178 e. The molecule has 1 aliphatic carbocycles. The Morgan fingerprint density at radius 3 is 2.67 bits per heavy atom. The van der Waals surface area contributed by atoms with Crippen molar-refractivity contribution in [3.05, 3.63) is 18.0 Å². The fourth-order valence-electron chi connectivity index (χ4n) is 3.80. The van der Waals surface area contributed by atoms with Crippen LogP contribution in [0, 0.1) is 0 Å². The molecule has 0 bridgehead atoms. The molecule has 0 radical (unpaired) electrons. The molecule has 2 aliphatic heterocycles. The van der Waals surface area contributed by atoms with Crippen LogP contribution in [0.5, 0.6) is 0 Å². The normalized spacial score (nSPS) is 25.7. The third kappa shape index (κ3) is 2.75. The standard InChI is InChI=1S/C17H24N6O/c1-2-14(24-11-1)12-21-7-9-22(10-8-21)16-6-5-15-18-19-17(13-3-4-13)23(15)20-16/h5-6,13-14H,1-4,7-12H2/t14-/m0/s1. The van der Waals surface area contributed by atoms with Gasteiger partial charge in [0.15, 0.2) is 11.5 Å². The minimum absolute atomic E-state index is 0.448. The fourth-order valence-corrected chi connectivity index (χ4v) is 3.80.